The lowest BCUT2D eigenvalue weighted by Crippen LogP contribution is -2.68. The van der Waals surface area contributed by atoms with Gasteiger partial charge in [0.1, 0.15) is 55.9 Å². The molecule has 0 spiro atoms. The number of halogens is 3. The second-order valence-electron chi connectivity index (χ2n) is 10.5. The molecular formula is C27H44Cl3NO14. The molecule has 10 atom stereocenters. The number of carbonyl (C=O) groups is 3. The van der Waals surface area contributed by atoms with Crippen LogP contribution in [0.4, 0.5) is 4.79 Å². The van der Waals surface area contributed by atoms with E-state index in [1.807, 2.05) is 13.8 Å². The second-order valence-corrected chi connectivity index (χ2v) is 13.1. The highest BCUT2D eigenvalue weighted by Gasteiger charge is 2.53. The molecule has 0 aromatic rings. The predicted molar refractivity (Wildman–Crippen MR) is 158 cm³/mol. The van der Waals surface area contributed by atoms with Crippen LogP contribution in [0.25, 0.3) is 0 Å². The molecule has 4 N–H and O–H groups in total. The number of hydrogen-bond donors (Lipinski definition) is 4. The Kier molecular flexibility index (Phi) is 17.4. The van der Waals surface area contributed by atoms with Crippen molar-refractivity contribution in [1.82, 2.24) is 5.32 Å². The number of nitrogens with one attached hydrogen (secondary N) is 1. The van der Waals surface area contributed by atoms with Crippen molar-refractivity contribution in [3.05, 3.63) is 0 Å². The lowest BCUT2D eigenvalue weighted by atomic mass is 9.95. The minimum absolute atomic E-state index is 0.104. The van der Waals surface area contributed by atoms with Gasteiger partial charge in [0, 0.05) is 27.1 Å². The molecule has 0 aromatic heterocycles. The zero-order valence-corrected chi connectivity index (χ0v) is 27.9. The molecule has 2 rings (SSSR count). The Labute approximate surface area is 276 Å². The van der Waals surface area contributed by atoms with E-state index in [2.05, 4.69) is 5.32 Å². The molecule has 2 aliphatic rings. The van der Waals surface area contributed by atoms with Crippen molar-refractivity contribution in [1.29, 1.82) is 0 Å². The molecule has 0 aromatic carbocycles. The van der Waals surface area contributed by atoms with E-state index in [0.717, 1.165) is 33.1 Å². The Hall–Kier alpha value is -1.24. The average Bonchev–Trinajstić information content (AvgIpc) is 2.95. The Balaban J connectivity index is 2.46. The van der Waals surface area contributed by atoms with Gasteiger partial charge < -0.3 is 58.5 Å². The molecule has 5 unspecified atom stereocenters. The molecule has 2 aliphatic heterocycles. The smallest absolute Gasteiger partial charge is 0.407 e. The molecule has 2 fully saturated rings. The van der Waals surface area contributed by atoms with Gasteiger partial charge in [0.25, 0.3) is 0 Å². The lowest BCUT2D eigenvalue weighted by molar-refractivity contribution is -0.349. The Bertz CT molecular complexity index is 926. The van der Waals surface area contributed by atoms with Crippen molar-refractivity contribution in [2.45, 2.75) is 119 Å². The summed E-state index contributed by atoms with van der Waals surface area (Å²) in [6.07, 6.45) is -11.0. The number of esters is 2. The van der Waals surface area contributed by atoms with Crippen molar-refractivity contribution in [3.8, 4) is 0 Å². The molecule has 2 heterocycles. The van der Waals surface area contributed by atoms with E-state index in [1.54, 1.807) is 0 Å². The summed E-state index contributed by atoms with van der Waals surface area (Å²) in [6.45, 7) is 5.50. The van der Waals surface area contributed by atoms with Gasteiger partial charge in [-0.2, -0.15) is 0 Å². The molecule has 1 amide bonds. The molecule has 0 aliphatic carbocycles. The normalized spacial score (nSPS) is 32.0. The molecule has 262 valence electrons. The molecule has 0 radical (unpaired) electrons. The highest BCUT2D eigenvalue weighted by Crippen LogP contribution is 2.32. The Morgan fingerprint density at radius 1 is 0.822 bits per heavy atom. The van der Waals surface area contributed by atoms with Crippen molar-refractivity contribution >= 4 is 52.8 Å². The number of rotatable bonds is 16. The van der Waals surface area contributed by atoms with Crippen LogP contribution in [0.15, 0.2) is 0 Å². The van der Waals surface area contributed by atoms with E-state index in [0.29, 0.717) is 13.0 Å². The fourth-order valence-corrected chi connectivity index (χ4v) is 4.69. The van der Waals surface area contributed by atoms with Gasteiger partial charge in [-0.3, -0.25) is 9.59 Å². The zero-order valence-electron chi connectivity index (χ0n) is 25.6. The summed E-state index contributed by atoms with van der Waals surface area (Å²) in [5, 5.41) is 35.0. The molecule has 0 bridgehead atoms. The summed E-state index contributed by atoms with van der Waals surface area (Å²) in [4.78, 5) is 36.0. The monoisotopic (exact) mass is 711 g/mol. The third-order valence-corrected chi connectivity index (χ3v) is 7.07. The van der Waals surface area contributed by atoms with Gasteiger partial charge in [-0.15, -0.1) is 0 Å². The molecule has 18 heteroatoms. The molecule has 45 heavy (non-hydrogen) atoms. The van der Waals surface area contributed by atoms with Crippen LogP contribution in [-0.4, -0.2) is 132 Å². The van der Waals surface area contributed by atoms with Gasteiger partial charge in [-0.05, 0) is 12.8 Å². The summed E-state index contributed by atoms with van der Waals surface area (Å²) >= 11 is 17.1. The SMILES string of the molecule is CCCCOCC1O[C@H](O)C(NC(=O)OCC(Cl)(Cl)Cl)[C@@H](OCCCC)[C@@H]1O[C@@H]1OC(COC(C)=O)[C@H](O)C(O)C1OC(C)=O. The number of alkyl carbamates (subject to hydrolysis) is 1. The van der Waals surface area contributed by atoms with Gasteiger partial charge in [0.2, 0.25) is 3.79 Å². The highest BCUT2D eigenvalue weighted by molar-refractivity contribution is 6.67. The summed E-state index contributed by atoms with van der Waals surface area (Å²) in [5.74, 6) is -1.48. The van der Waals surface area contributed by atoms with E-state index in [1.165, 1.54) is 0 Å². The van der Waals surface area contributed by atoms with Crippen LogP contribution in [0.2, 0.25) is 0 Å². The number of hydrogen-bond acceptors (Lipinski definition) is 14. The van der Waals surface area contributed by atoms with Gasteiger partial charge in [-0.1, -0.05) is 61.5 Å². The predicted octanol–water partition coefficient (Wildman–Crippen LogP) is 1.50. The summed E-state index contributed by atoms with van der Waals surface area (Å²) in [7, 11) is 0. The van der Waals surface area contributed by atoms with Crippen LogP contribution in [0, 0.1) is 0 Å². The van der Waals surface area contributed by atoms with Gasteiger partial charge in [0.05, 0.1) is 6.61 Å². The van der Waals surface area contributed by atoms with Crippen molar-refractivity contribution in [2.24, 2.45) is 0 Å². The number of aliphatic hydroxyl groups excluding tert-OH is 3. The Morgan fingerprint density at radius 3 is 2.09 bits per heavy atom. The van der Waals surface area contributed by atoms with Crippen LogP contribution >= 0.6 is 34.8 Å². The fourth-order valence-electron chi connectivity index (χ4n) is 4.53. The summed E-state index contributed by atoms with van der Waals surface area (Å²) in [5.41, 5.74) is 0. The molecular weight excluding hydrogens is 669 g/mol. The van der Waals surface area contributed by atoms with Crippen molar-refractivity contribution in [3.63, 3.8) is 0 Å². The number of unbranched alkanes of at least 4 members (excludes halogenated alkanes) is 2. The standard InChI is InChI=1S/C27H44Cl3NO14/c1-5-7-9-38-11-17-21(45-25-23(42-15(4)33)20(35)19(34)16(44-25)12-40-14(3)32)22(39-10-8-6-2)18(24(36)43-17)31-26(37)41-13-27(28,29)30/h16-25,34-36H,5-13H2,1-4H3,(H,31,37)/t16?,17?,18?,19-,20?,21+,22+,23?,24-,25-/m0/s1. The quantitative estimate of drug-likeness (QED) is 0.0777. The van der Waals surface area contributed by atoms with Crippen LogP contribution < -0.4 is 5.32 Å². The summed E-state index contributed by atoms with van der Waals surface area (Å²) < 4.78 is 43.1. The van der Waals surface area contributed by atoms with Crippen molar-refractivity contribution < 1.29 is 67.6 Å². The minimum atomic E-state index is -1.90. The number of carbonyl (C=O) groups excluding carboxylic acids is 3. The molecule has 2 saturated heterocycles. The molecule has 15 nitrogen and oxygen atoms in total. The minimum Gasteiger partial charge on any atom is -0.463 e. The van der Waals surface area contributed by atoms with E-state index in [-0.39, 0.29) is 13.2 Å². The van der Waals surface area contributed by atoms with Crippen molar-refractivity contribution in [2.75, 3.05) is 33.0 Å². The maximum atomic E-state index is 12.6. The number of alkyl halides is 3. The first-order valence-electron chi connectivity index (χ1n) is 14.7. The van der Waals surface area contributed by atoms with Gasteiger partial charge in [-0.25, -0.2) is 4.79 Å². The largest absolute Gasteiger partial charge is 0.463 e. The second kappa shape index (κ2) is 19.5. The fraction of sp³-hybridized carbons (Fsp3) is 0.889. The van der Waals surface area contributed by atoms with Gasteiger partial charge in [0.15, 0.2) is 18.7 Å². The molecule has 0 saturated carbocycles. The average molecular weight is 713 g/mol. The third-order valence-electron chi connectivity index (χ3n) is 6.74. The maximum Gasteiger partial charge on any atom is 0.407 e. The lowest BCUT2D eigenvalue weighted by Gasteiger charge is -2.48. The first kappa shape index (κ1) is 39.9. The first-order valence-corrected chi connectivity index (χ1v) is 15.8. The third kappa shape index (κ3) is 13.4. The van der Waals surface area contributed by atoms with E-state index in [9.17, 15) is 29.7 Å². The maximum absolute atomic E-state index is 12.6. The van der Waals surface area contributed by atoms with E-state index >= 15 is 0 Å². The Morgan fingerprint density at radius 2 is 1.49 bits per heavy atom. The number of aliphatic hydroxyl groups is 3. The van der Waals surface area contributed by atoms with Crippen LogP contribution in [0.3, 0.4) is 0 Å². The summed E-state index contributed by atoms with van der Waals surface area (Å²) in [6, 6.07) is -1.32. The van der Waals surface area contributed by atoms with Gasteiger partial charge >= 0.3 is 18.0 Å². The highest BCUT2D eigenvalue weighted by atomic mass is 35.6. The zero-order chi connectivity index (χ0) is 33.7. The topological polar surface area (TPSA) is 198 Å². The van der Waals surface area contributed by atoms with Crippen LogP contribution in [-0.2, 0) is 47.5 Å². The first-order chi connectivity index (χ1) is 21.2. The number of ether oxygens (including phenoxy) is 8. The number of amides is 1. The van der Waals surface area contributed by atoms with E-state index < -0.39 is 96.4 Å². The van der Waals surface area contributed by atoms with Crippen LogP contribution in [0.1, 0.15) is 53.4 Å². The van der Waals surface area contributed by atoms with Crippen LogP contribution in [0.5, 0.6) is 0 Å². The van der Waals surface area contributed by atoms with E-state index in [4.69, 9.17) is 72.7 Å².